The number of hydrogen-bond acceptors (Lipinski definition) is 3. The van der Waals surface area contributed by atoms with Gasteiger partial charge < -0.3 is 10.4 Å². The van der Waals surface area contributed by atoms with Crippen LogP contribution in [0.5, 0.6) is 0 Å². The number of halogens is 1. The summed E-state index contributed by atoms with van der Waals surface area (Å²) in [4.78, 5) is 0. The van der Waals surface area contributed by atoms with Gasteiger partial charge in [-0.1, -0.05) is 35.9 Å². The highest BCUT2D eigenvalue weighted by Gasteiger charge is 2.11. The normalized spacial score (nSPS) is 12.3. The lowest BCUT2D eigenvalue weighted by molar-refractivity contribution is 0.174. The number of aryl methyl sites for hydroxylation is 1. The standard InChI is InChI=1S/C16H20ClN3O/c1-3-8-20-11-13(12(2)19-20)9-18-10-16(21)14-6-4-5-7-15(14)17/h3-7,11,16,18,21H,1,8-10H2,2H3/t16-/m0/s1. The van der Waals surface area contributed by atoms with Gasteiger partial charge in [0.1, 0.15) is 0 Å². The Balaban J connectivity index is 1.89. The molecule has 0 spiro atoms. The number of allylic oxidation sites excluding steroid dienone is 1. The third-order valence-corrected chi connectivity index (χ3v) is 3.63. The Hall–Kier alpha value is -1.62. The van der Waals surface area contributed by atoms with Crippen LogP contribution < -0.4 is 5.32 Å². The van der Waals surface area contributed by atoms with Crippen molar-refractivity contribution in [2.75, 3.05) is 6.54 Å². The second-order valence-corrected chi connectivity index (χ2v) is 5.33. The molecule has 0 unspecified atom stereocenters. The van der Waals surface area contributed by atoms with Crippen LogP contribution in [0.3, 0.4) is 0 Å². The highest BCUT2D eigenvalue weighted by Crippen LogP contribution is 2.21. The van der Waals surface area contributed by atoms with E-state index in [1.807, 2.05) is 42.1 Å². The van der Waals surface area contributed by atoms with E-state index in [9.17, 15) is 5.11 Å². The smallest absolute Gasteiger partial charge is 0.0928 e. The average molecular weight is 306 g/mol. The Morgan fingerprint density at radius 1 is 1.48 bits per heavy atom. The predicted molar refractivity (Wildman–Crippen MR) is 85.3 cm³/mol. The fourth-order valence-corrected chi connectivity index (χ4v) is 2.42. The maximum absolute atomic E-state index is 10.2. The lowest BCUT2D eigenvalue weighted by atomic mass is 10.1. The number of rotatable bonds is 7. The van der Waals surface area contributed by atoms with Crippen molar-refractivity contribution in [3.8, 4) is 0 Å². The fraction of sp³-hybridized carbons (Fsp3) is 0.312. The van der Waals surface area contributed by atoms with E-state index < -0.39 is 6.10 Å². The molecule has 0 saturated heterocycles. The largest absolute Gasteiger partial charge is 0.387 e. The molecule has 5 heteroatoms. The summed E-state index contributed by atoms with van der Waals surface area (Å²) in [5, 5.41) is 18.4. The van der Waals surface area contributed by atoms with Gasteiger partial charge in [0.2, 0.25) is 0 Å². The van der Waals surface area contributed by atoms with Gasteiger partial charge in [-0.15, -0.1) is 6.58 Å². The summed E-state index contributed by atoms with van der Waals surface area (Å²) in [6, 6.07) is 7.34. The molecule has 2 aromatic rings. The Morgan fingerprint density at radius 3 is 2.95 bits per heavy atom. The minimum atomic E-state index is -0.623. The first-order valence-corrected chi connectivity index (χ1v) is 7.26. The number of aliphatic hydroxyl groups is 1. The molecule has 0 amide bonds. The van der Waals surface area contributed by atoms with Gasteiger partial charge in [0.15, 0.2) is 0 Å². The zero-order valence-corrected chi connectivity index (χ0v) is 12.8. The molecule has 1 aromatic carbocycles. The summed E-state index contributed by atoms with van der Waals surface area (Å²) in [6.07, 6.45) is 3.18. The molecule has 112 valence electrons. The molecule has 1 aromatic heterocycles. The molecule has 2 N–H and O–H groups in total. The Bertz CT molecular complexity index is 609. The van der Waals surface area contributed by atoms with Crippen molar-refractivity contribution >= 4 is 11.6 Å². The van der Waals surface area contributed by atoms with Gasteiger partial charge in [-0.3, -0.25) is 4.68 Å². The average Bonchev–Trinajstić information content (AvgIpc) is 2.80. The first-order chi connectivity index (χ1) is 10.1. The maximum atomic E-state index is 10.2. The number of benzene rings is 1. The van der Waals surface area contributed by atoms with Crippen LogP contribution in [0.25, 0.3) is 0 Å². The van der Waals surface area contributed by atoms with Gasteiger partial charge >= 0.3 is 0 Å². The van der Waals surface area contributed by atoms with E-state index >= 15 is 0 Å². The van der Waals surface area contributed by atoms with Gasteiger partial charge in [-0.2, -0.15) is 5.10 Å². The first-order valence-electron chi connectivity index (χ1n) is 6.89. The SMILES string of the molecule is C=CCn1cc(CNC[C@H](O)c2ccccc2Cl)c(C)n1. The van der Waals surface area contributed by atoms with Crippen molar-refractivity contribution in [2.24, 2.45) is 0 Å². The summed E-state index contributed by atoms with van der Waals surface area (Å²) >= 11 is 6.07. The minimum absolute atomic E-state index is 0.440. The molecule has 0 aliphatic rings. The zero-order chi connectivity index (χ0) is 15.2. The summed E-state index contributed by atoms with van der Waals surface area (Å²) in [7, 11) is 0. The van der Waals surface area contributed by atoms with Crippen molar-refractivity contribution in [1.29, 1.82) is 0 Å². The highest BCUT2D eigenvalue weighted by atomic mass is 35.5. The maximum Gasteiger partial charge on any atom is 0.0928 e. The molecule has 0 aliphatic heterocycles. The fourth-order valence-electron chi connectivity index (χ4n) is 2.16. The number of aliphatic hydroxyl groups excluding tert-OH is 1. The quantitative estimate of drug-likeness (QED) is 0.773. The highest BCUT2D eigenvalue weighted by molar-refractivity contribution is 6.31. The van der Waals surface area contributed by atoms with Gasteiger partial charge in [0.25, 0.3) is 0 Å². The van der Waals surface area contributed by atoms with Crippen LogP contribution >= 0.6 is 11.6 Å². The van der Waals surface area contributed by atoms with Crippen LogP contribution in [0.2, 0.25) is 5.02 Å². The van der Waals surface area contributed by atoms with Crippen LogP contribution in [-0.2, 0) is 13.1 Å². The molecule has 1 heterocycles. The first kappa shape index (κ1) is 15.8. The van der Waals surface area contributed by atoms with E-state index in [0.29, 0.717) is 24.7 Å². The zero-order valence-electron chi connectivity index (χ0n) is 12.1. The Morgan fingerprint density at radius 2 is 2.24 bits per heavy atom. The molecule has 0 saturated carbocycles. The third-order valence-electron chi connectivity index (χ3n) is 3.28. The summed E-state index contributed by atoms with van der Waals surface area (Å²) in [5.41, 5.74) is 2.84. The van der Waals surface area contributed by atoms with Gasteiger partial charge in [-0.05, 0) is 13.0 Å². The van der Waals surface area contributed by atoms with Crippen LogP contribution in [0.1, 0.15) is 22.9 Å². The summed E-state index contributed by atoms with van der Waals surface area (Å²) in [5.74, 6) is 0. The molecular formula is C16H20ClN3O. The van der Waals surface area contributed by atoms with E-state index in [0.717, 1.165) is 16.8 Å². The van der Waals surface area contributed by atoms with Gasteiger partial charge in [0, 0.05) is 35.4 Å². The molecule has 0 fully saturated rings. The monoisotopic (exact) mass is 305 g/mol. The second-order valence-electron chi connectivity index (χ2n) is 4.92. The predicted octanol–water partition coefficient (Wildman–Crippen LogP) is 2.85. The topological polar surface area (TPSA) is 50.1 Å². The third kappa shape index (κ3) is 4.17. The Labute approximate surface area is 130 Å². The molecule has 2 rings (SSSR count). The van der Waals surface area contributed by atoms with Crippen molar-refractivity contribution in [2.45, 2.75) is 26.1 Å². The van der Waals surface area contributed by atoms with Gasteiger partial charge in [-0.25, -0.2) is 0 Å². The van der Waals surface area contributed by atoms with Crippen molar-refractivity contribution in [3.63, 3.8) is 0 Å². The molecule has 0 radical (unpaired) electrons. The van der Waals surface area contributed by atoms with Gasteiger partial charge in [0.05, 0.1) is 18.3 Å². The van der Waals surface area contributed by atoms with E-state index in [-0.39, 0.29) is 0 Å². The van der Waals surface area contributed by atoms with E-state index in [2.05, 4.69) is 17.0 Å². The van der Waals surface area contributed by atoms with Crippen molar-refractivity contribution in [3.05, 3.63) is 65.0 Å². The number of nitrogens with zero attached hydrogens (tertiary/aromatic N) is 2. The van der Waals surface area contributed by atoms with Crippen LogP contribution in [0.4, 0.5) is 0 Å². The van der Waals surface area contributed by atoms with Crippen molar-refractivity contribution < 1.29 is 5.11 Å². The molecular weight excluding hydrogens is 286 g/mol. The van der Waals surface area contributed by atoms with Crippen LogP contribution in [0, 0.1) is 6.92 Å². The lowest BCUT2D eigenvalue weighted by Gasteiger charge is -2.13. The van der Waals surface area contributed by atoms with E-state index in [4.69, 9.17) is 11.6 Å². The van der Waals surface area contributed by atoms with Crippen LogP contribution in [0.15, 0.2) is 43.1 Å². The van der Waals surface area contributed by atoms with E-state index in [1.165, 1.54) is 0 Å². The molecule has 0 aliphatic carbocycles. The van der Waals surface area contributed by atoms with E-state index in [1.54, 1.807) is 6.07 Å². The number of aromatic nitrogens is 2. The number of hydrogen-bond donors (Lipinski definition) is 2. The Kier molecular flexibility index (Phi) is 5.56. The lowest BCUT2D eigenvalue weighted by Crippen LogP contribution is -2.21. The minimum Gasteiger partial charge on any atom is -0.387 e. The summed E-state index contributed by atoms with van der Waals surface area (Å²) < 4.78 is 1.85. The van der Waals surface area contributed by atoms with Crippen molar-refractivity contribution in [1.82, 2.24) is 15.1 Å². The molecule has 21 heavy (non-hydrogen) atoms. The molecule has 1 atom stereocenters. The molecule has 4 nitrogen and oxygen atoms in total. The molecule has 0 bridgehead atoms. The van der Waals surface area contributed by atoms with Crippen LogP contribution in [-0.4, -0.2) is 21.4 Å². The number of nitrogens with one attached hydrogen (secondary N) is 1. The summed E-state index contributed by atoms with van der Waals surface area (Å²) in [6.45, 7) is 7.47. The second kappa shape index (κ2) is 7.41.